The van der Waals surface area contributed by atoms with Gasteiger partial charge < -0.3 is 10.6 Å². The minimum Gasteiger partial charge on any atom is -0.353 e. The summed E-state index contributed by atoms with van der Waals surface area (Å²) >= 11 is 7.92. The van der Waals surface area contributed by atoms with Crippen LogP contribution in [-0.2, 0) is 4.79 Å². The molecular formula is C27H31ClN6OS. The van der Waals surface area contributed by atoms with Crippen LogP contribution in [0.3, 0.4) is 0 Å². The standard InChI is InChI=1S/C27H31ClN6OS/c1-14-15(2)36-27-24(14)25(17-7-9-18(28)10-8-17)31-22(26-33-32-16(3)34(26)27)13-23(35)30-21-11-19-5-4-6-20(12-21)29-19/h7-10,19-22,29H,4-6,11-13H2,1-3H3,(H,30,35)/t19-,20+,21?,22-/m0/s1. The molecule has 5 heterocycles. The van der Waals surface area contributed by atoms with Gasteiger partial charge in [0.05, 0.1) is 12.1 Å². The van der Waals surface area contributed by atoms with Crippen LogP contribution >= 0.6 is 22.9 Å². The van der Waals surface area contributed by atoms with Crippen LogP contribution in [0.1, 0.15) is 77.8 Å². The summed E-state index contributed by atoms with van der Waals surface area (Å²) in [6.45, 7) is 6.23. The van der Waals surface area contributed by atoms with E-state index in [2.05, 4.69) is 39.2 Å². The number of aliphatic imine (C=N–C) groups is 1. The van der Waals surface area contributed by atoms with Crippen molar-refractivity contribution in [2.75, 3.05) is 0 Å². The van der Waals surface area contributed by atoms with E-state index in [-0.39, 0.29) is 18.4 Å². The van der Waals surface area contributed by atoms with Gasteiger partial charge in [-0.05, 0) is 64.2 Å². The number of hydrogen-bond donors (Lipinski definition) is 2. The van der Waals surface area contributed by atoms with Crippen molar-refractivity contribution in [3.05, 3.63) is 62.5 Å². The fourth-order valence-electron chi connectivity index (χ4n) is 5.98. The lowest BCUT2D eigenvalue weighted by atomic mass is 9.84. The normalized spacial score (nSPS) is 24.9. The van der Waals surface area contributed by atoms with Crippen LogP contribution in [0.15, 0.2) is 29.3 Å². The van der Waals surface area contributed by atoms with E-state index in [0.717, 1.165) is 46.3 Å². The van der Waals surface area contributed by atoms with Gasteiger partial charge in [-0.25, -0.2) is 0 Å². The van der Waals surface area contributed by atoms with Crippen molar-refractivity contribution < 1.29 is 4.79 Å². The van der Waals surface area contributed by atoms with E-state index in [0.29, 0.717) is 17.1 Å². The number of benzene rings is 1. The number of amides is 1. The van der Waals surface area contributed by atoms with E-state index in [1.807, 2.05) is 31.2 Å². The Morgan fingerprint density at radius 3 is 2.58 bits per heavy atom. The first-order valence-corrected chi connectivity index (χ1v) is 14.0. The Labute approximate surface area is 220 Å². The van der Waals surface area contributed by atoms with Gasteiger partial charge in [-0.15, -0.1) is 21.5 Å². The molecule has 2 fully saturated rings. The number of nitrogens with zero attached hydrogens (tertiary/aromatic N) is 4. The monoisotopic (exact) mass is 522 g/mol. The molecule has 0 saturated carbocycles. The second kappa shape index (κ2) is 9.39. The topological polar surface area (TPSA) is 84.2 Å². The number of piperidine rings is 2. The van der Waals surface area contributed by atoms with Gasteiger partial charge in [0.1, 0.15) is 16.9 Å². The van der Waals surface area contributed by atoms with Gasteiger partial charge in [0.25, 0.3) is 0 Å². The molecule has 2 N–H and O–H groups in total. The molecule has 0 spiro atoms. The third-order valence-electron chi connectivity index (χ3n) is 7.82. The largest absolute Gasteiger partial charge is 0.353 e. The van der Waals surface area contributed by atoms with Gasteiger partial charge in [-0.2, -0.15) is 0 Å². The highest BCUT2D eigenvalue weighted by molar-refractivity contribution is 7.15. The highest BCUT2D eigenvalue weighted by Crippen LogP contribution is 2.39. The fourth-order valence-corrected chi connectivity index (χ4v) is 7.32. The number of halogens is 1. The molecular weight excluding hydrogens is 492 g/mol. The molecule has 7 nitrogen and oxygen atoms in total. The first kappa shape index (κ1) is 23.8. The molecule has 1 amide bonds. The molecule has 2 saturated heterocycles. The van der Waals surface area contributed by atoms with Gasteiger partial charge in [-0.1, -0.05) is 30.2 Å². The number of aryl methyl sites for hydroxylation is 2. The molecule has 4 atom stereocenters. The van der Waals surface area contributed by atoms with E-state index in [9.17, 15) is 4.79 Å². The minimum atomic E-state index is -0.433. The number of carbonyl (C=O) groups is 1. The van der Waals surface area contributed by atoms with Gasteiger partial charge in [-0.3, -0.25) is 14.4 Å². The highest BCUT2D eigenvalue weighted by Gasteiger charge is 2.35. The van der Waals surface area contributed by atoms with Crippen LogP contribution in [0.25, 0.3) is 5.00 Å². The van der Waals surface area contributed by atoms with Crippen molar-refractivity contribution in [1.29, 1.82) is 0 Å². The Morgan fingerprint density at radius 2 is 1.86 bits per heavy atom. The Hall–Kier alpha value is -2.55. The zero-order valence-corrected chi connectivity index (χ0v) is 22.4. The number of rotatable bonds is 4. The second-order valence-electron chi connectivity index (χ2n) is 10.3. The fraction of sp³-hybridized carbons (Fsp3) is 0.481. The summed E-state index contributed by atoms with van der Waals surface area (Å²) in [6, 6.07) is 8.59. The maximum Gasteiger partial charge on any atom is 0.222 e. The van der Waals surface area contributed by atoms with Crippen molar-refractivity contribution in [3.63, 3.8) is 0 Å². The smallest absolute Gasteiger partial charge is 0.222 e. The lowest BCUT2D eigenvalue weighted by Crippen LogP contribution is -2.54. The number of hydrogen-bond acceptors (Lipinski definition) is 6. The molecule has 0 radical (unpaired) electrons. The maximum atomic E-state index is 13.4. The molecule has 6 rings (SSSR count). The summed E-state index contributed by atoms with van der Waals surface area (Å²) in [7, 11) is 0. The highest BCUT2D eigenvalue weighted by atomic mass is 35.5. The molecule has 0 aliphatic carbocycles. The van der Waals surface area contributed by atoms with E-state index < -0.39 is 6.04 Å². The molecule has 2 aromatic heterocycles. The SMILES string of the molecule is Cc1sc2c(c1C)C(c1ccc(Cl)cc1)=N[C@@H](CC(=O)NC1C[C@H]3CCC[C@@H](C1)N3)c1nnc(C)n1-2. The van der Waals surface area contributed by atoms with Crippen molar-refractivity contribution in [2.24, 2.45) is 4.99 Å². The summed E-state index contributed by atoms with van der Waals surface area (Å²) in [5, 5.41) is 17.7. The van der Waals surface area contributed by atoms with Gasteiger partial charge >= 0.3 is 0 Å². The Kier molecular flexibility index (Phi) is 6.22. The third kappa shape index (κ3) is 4.29. The molecule has 1 aromatic carbocycles. The molecule has 2 bridgehead atoms. The van der Waals surface area contributed by atoms with E-state index in [1.54, 1.807) is 11.3 Å². The van der Waals surface area contributed by atoms with Crippen molar-refractivity contribution in [1.82, 2.24) is 25.4 Å². The first-order valence-electron chi connectivity index (χ1n) is 12.8. The van der Waals surface area contributed by atoms with Gasteiger partial charge in [0.2, 0.25) is 5.91 Å². The van der Waals surface area contributed by atoms with Crippen LogP contribution in [0, 0.1) is 20.8 Å². The minimum absolute atomic E-state index is 0.0227. The summed E-state index contributed by atoms with van der Waals surface area (Å²) in [6.07, 6.45) is 5.91. The lowest BCUT2D eigenvalue weighted by molar-refractivity contribution is -0.122. The van der Waals surface area contributed by atoms with E-state index in [4.69, 9.17) is 16.6 Å². The summed E-state index contributed by atoms with van der Waals surface area (Å²) in [4.78, 5) is 19.8. The van der Waals surface area contributed by atoms with Crippen LogP contribution in [0.4, 0.5) is 0 Å². The maximum absolute atomic E-state index is 13.4. The number of nitrogens with one attached hydrogen (secondary N) is 2. The third-order valence-corrected chi connectivity index (χ3v) is 9.26. The molecule has 3 aliphatic heterocycles. The quantitative estimate of drug-likeness (QED) is 0.506. The predicted octanol–water partition coefficient (Wildman–Crippen LogP) is 4.98. The van der Waals surface area contributed by atoms with Crippen LogP contribution < -0.4 is 10.6 Å². The number of fused-ring (bicyclic) bond motifs is 5. The zero-order chi connectivity index (χ0) is 25.0. The Bertz CT molecular complexity index is 1330. The van der Waals surface area contributed by atoms with Crippen LogP contribution in [0.5, 0.6) is 0 Å². The Morgan fingerprint density at radius 1 is 1.14 bits per heavy atom. The average Bonchev–Trinajstić information content (AvgIpc) is 3.31. The lowest BCUT2D eigenvalue weighted by Gasteiger charge is -2.40. The molecule has 3 aliphatic rings. The number of thiophene rings is 1. The Balaban J connectivity index is 1.36. The van der Waals surface area contributed by atoms with Gasteiger partial charge in [0.15, 0.2) is 5.82 Å². The average molecular weight is 523 g/mol. The molecule has 3 aromatic rings. The van der Waals surface area contributed by atoms with Crippen LogP contribution in [0.2, 0.25) is 5.02 Å². The zero-order valence-electron chi connectivity index (χ0n) is 20.8. The van der Waals surface area contributed by atoms with Crippen molar-refractivity contribution in [3.8, 4) is 5.00 Å². The van der Waals surface area contributed by atoms with Gasteiger partial charge in [0, 0.05) is 39.2 Å². The number of carbonyl (C=O) groups excluding carboxylic acids is 1. The van der Waals surface area contributed by atoms with Crippen LogP contribution in [-0.4, -0.2) is 44.5 Å². The predicted molar refractivity (Wildman–Crippen MR) is 144 cm³/mol. The van der Waals surface area contributed by atoms with E-state index in [1.165, 1.54) is 29.7 Å². The van der Waals surface area contributed by atoms with E-state index >= 15 is 0 Å². The molecule has 9 heteroatoms. The summed E-state index contributed by atoms with van der Waals surface area (Å²) in [5.74, 6) is 1.54. The molecule has 1 unspecified atom stereocenters. The van der Waals surface area contributed by atoms with Crippen molar-refractivity contribution in [2.45, 2.75) is 83.5 Å². The van der Waals surface area contributed by atoms with Crippen molar-refractivity contribution >= 4 is 34.6 Å². The molecule has 188 valence electrons. The summed E-state index contributed by atoms with van der Waals surface area (Å²) < 4.78 is 2.10. The first-order chi connectivity index (χ1) is 17.4. The summed E-state index contributed by atoms with van der Waals surface area (Å²) in [5.41, 5.74) is 4.13. The number of aromatic nitrogens is 3. The molecule has 36 heavy (non-hydrogen) atoms. The second-order valence-corrected chi connectivity index (χ2v) is 12.0.